The lowest BCUT2D eigenvalue weighted by molar-refractivity contribution is -0.131. The number of benzene rings is 1. The molecule has 7 heteroatoms. The molecule has 1 aliphatic carbocycles. The van der Waals surface area contributed by atoms with Crippen LogP contribution in [-0.2, 0) is 16.1 Å². The molecule has 1 aromatic carbocycles. The van der Waals surface area contributed by atoms with Gasteiger partial charge in [-0.3, -0.25) is 19.3 Å². The third-order valence-electron chi connectivity index (χ3n) is 7.59. The lowest BCUT2D eigenvalue weighted by atomic mass is 10.0. The van der Waals surface area contributed by atoms with Crippen molar-refractivity contribution in [2.45, 2.75) is 60.9 Å². The lowest BCUT2D eigenvalue weighted by Gasteiger charge is -2.34. The predicted octanol–water partition coefficient (Wildman–Crippen LogP) is 6.18. The summed E-state index contributed by atoms with van der Waals surface area (Å²) in [4.78, 5) is 43.8. The zero-order valence-electron chi connectivity index (χ0n) is 26.9. The van der Waals surface area contributed by atoms with E-state index in [9.17, 15) is 14.4 Å². The second-order valence-corrected chi connectivity index (χ2v) is 10.9. The summed E-state index contributed by atoms with van der Waals surface area (Å²) in [6.07, 6.45) is 15.1. The van der Waals surface area contributed by atoms with Gasteiger partial charge in [-0.2, -0.15) is 0 Å². The molecule has 43 heavy (non-hydrogen) atoms. The Morgan fingerprint density at radius 1 is 1.07 bits per heavy atom. The van der Waals surface area contributed by atoms with Crippen molar-refractivity contribution < 1.29 is 14.4 Å². The molecule has 0 aromatic heterocycles. The Hall–Kier alpha value is -3.97. The summed E-state index contributed by atoms with van der Waals surface area (Å²) >= 11 is 0. The van der Waals surface area contributed by atoms with Crippen molar-refractivity contribution in [2.24, 2.45) is 11.7 Å². The topological polar surface area (TPSA) is 87.0 Å². The van der Waals surface area contributed by atoms with Gasteiger partial charge in [0.25, 0.3) is 5.91 Å². The molecular weight excluding hydrogens is 536 g/mol. The van der Waals surface area contributed by atoms with Crippen molar-refractivity contribution in [3.63, 3.8) is 0 Å². The van der Waals surface area contributed by atoms with Crippen molar-refractivity contribution in [3.8, 4) is 0 Å². The van der Waals surface area contributed by atoms with Crippen LogP contribution in [0.15, 0.2) is 95.8 Å². The van der Waals surface area contributed by atoms with Gasteiger partial charge in [0.15, 0.2) is 0 Å². The van der Waals surface area contributed by atoms with Crippen LogP contribution in [0.5, 0.6) is 0 Å². The summed E-state index contributed by atoms with van der Waals surface area (Å²) in [6, 6.07) is 7.40. The van der Waals surface area contributed by atoms with Gasteiger partial charge in [-0.25, -0.2) is 0 Å². The van der Waals surface area contributed by atoms with Crippen molar-refractivity contribution in [1.82, 2.24) is 14.7 Å². The highest BCUT2D eigenvalue weighted by atomic mass is 16.2. The van der Waals surface area contributed by atoms with E-state index in [-0.39, 0.29) is 24.3 Å². The Morgan fingerprint density at radius 3 is 2.26 bits per heavy atom. The fourth-order valence-corrected chi connectivity index (χ4v) is 4.76. The van der Waals surface area contributed by atoms with Crippen molar-refractivity contribution in [3.05, 3.63) is 107 Å². The summed E-state index contributed by atoms with van der Waals surface area (Å²) in [5, 5.41) is 0. The van der Waals surface area contributed by atoms with Crippen LogP contribution in [0, 0.1) is 5.92 Å². The third-order valence-corrected chi connectivity index (χ3v) is 7.59. The number of nitrogens with zero attached hydrogens (tertiary/aromatic N) is 3. The molecule has 7 nitrogen and oxygen atoms in total. The molecule has 3 amide bonds. The molecule has 1 atom stereocenters. The fraction of sp³-hybridized carbons (Fsp3) is 0.417. The van der Waals surface area contributed by atoms with Crippen molar-refractivity contribution in [1.29, 1.82) is 0 Å². The molecule has 2 heterocycles. The SMILES string of the molecule is C/C=C(/C)CC.C=CC(C)CN1CC(=O)N(Cc2ccc(C(=O)N3CC=CC3)cc2)C2=CC(C(N)=O)=CC=C(C2)C1.CC. The quantitative estimate of drug-likeness (QED) is 0.369. The summed E-state index contributed by atoms with van der Waals surface area (Å²) < 4.78 is 0. The first kappa shape index (κ1) is 35.2. The smallest absolute Gasteiger partial charge is 0.254 e. The van der Waals surface area contributed by atoms with Gasteiger partial charge >= 0.3 is 0 Å². The highest BCUT2D eigenvalue weighted by Gasteiger charge is 2.28. The summed E-state index contributed by atoms with van der Waals surface area (Å²) in [5.74, 6) is -0.332. The second kappa shape index (κ2) is 17.9. The zero-order chi connectivity index (χ0) is 31.9. The van der Waals surface area contributed by atoms with E-state index in [4.69, 9.17) is 5.73 Å². The summed E-state index contributed by atoms with van der Waals surface area (Å²) in [7, 11) is 0. The number of nitrogens with two attached hydrogens (primary N) is 1. The Kier molecular flexibility index (Phi) is 14.6. The van der Waals surface area contributed by atoms with Crippen LogP contribution in [0.2, 0.25) is 0 Å². The van der Waals surface area contributed by atoms with E-state index in [0.29, 0.717) is 50.3 Å². The van der Waals surface area contributed by atoms with Gasteiger partial charge in [-0.1, -0.05) is 81.4 Å². The first-order chi connectivity index (χ1) is 20.6. The molecule has 1 fully saturated rings. The van der Waals surface area contributed by atoms with Gasteiger partial charge < -0.3 is 15.5 Å². The largest absolute Gasteiger partial charge is 0.366 e. The van der Waals surface area contributed by atoms with Crippen LogP contribution < -0.4 is 5.73 Å². The number of carbonyl (C=O) groups is 3. The minimum Gasteiger partial charge on any atom is -0.366 e. The van der Waals surface area contributed by atoms with Crippen molar-refractivity contribution in [2.75, 3.05) is 32.7 Å². The molecule has 0 saturated carbocycles. The van der Waals surface area contributed by atoms with Crippen molar-refractivity contribution >= 4 is 17.7 Å². The van der Waals surface area contributed by atoms with E-state index in [0.717, 1.165) is 16.8 Å². The van der Waals surface area contributed by atoms with Gasteiger partial charge in [0.05, 0.1) is 13.1 Å². The van der Waals surface area contributed by atoms with Gasteiger partial charge in [-0.05, 0) is 56.0 Å². The molecule has 1 unspecified atom stereocenters. The average Bonchev–Trinajstić information content (AvgIpc) is 3.47. The number of primary amides is 1. The Labute approximate surface area is 258 Å². The van der Waals surface area contributed by atoms with Gasteiger partial charge in [0.1, 0.15) is 0 Å². The molecule has 1 saturated heterocycles. The monoisotopic (exact) mass is 586 g/mol. The molecule has 0 radical (unpaired) electrons. The average molecular weight is 587 g/mol. The molecule has 1 aromatic rings. The van der Waals surface area contributed by atoms with E-state index >= 15 is 0 Å². The molecule has 232 valence electrons. The third kappa shape index (κ3) is 10.7. The number of amides is 3. The first-order valence-corrected chi connectivity index (χ1v) is 15.4. The standard InChI is InChI=1S/C28H32N4O3.C6H12.C2H6/c1-3-20(2)16-30-17-22-8-11-24(27(29)34)15-25(14-22)32(26(33)19-30)18-21-6-9-23(10-7-21)28(35)31-12-4-5-13-31;1-4-6(3)5-2;1-2/h3-11,15,20H,1,12-14,16-19H2,2H3,(H2,29,34);4H,5H2,1-3H3;1-2H3/b;6-4-;. The minimum atomic E-state index is -0.525. The van der Waals surface area contributed by atoms with Crippen LogP contribution >= 0.6 is 0 Å². The number of carbonyl (C=O) groups excluding carboxylic acids is 3. The van der Waals surface area contributed by atoms with Crippen LogP contribution in [-0.4, -0.2) is 65.1 Å². The van der Waals surface area contributed by atoms with E-state index < -0.39 is 5.91 Å². The Balaban J connectivity index is 0.000000720. The van der Waals surface area contributed by atoms with Gasteiger partial charge in [0.2, 0.25) is 11.8 Å². The highest BCUT2D eigenvalue weighted by Crippen LogP contribution is 2.27. The maximum Gasteiger partial charge on any atom is 0.254 e. The maximum atomic E-state index is 13.5. The number of hydrogen-bond donors (Lipinski definition) is 1. The zero-order valence-corrected chi connectivity index (χ0v) is 26.9. The van der Waals surface area contributed by atoms with Crippen LogP contribution in [0.4, 0.5) is 0 Å². The predicted molar refractivity (Wildman–Crippen MR) is 177 cm³/mol. The first-order valence-electron chi connectivity index (χ1n) is 15.4. The summed E-state index contributed by atoms with van der Waals surface area (Å²) in [5.41, 5.74) is 10.8. The maximum absolute atomic E-state index is 13.5. The van der Waals surface area contributed by atoms with Gasteiger partial charge in [0, 0.05) is 49.4 Å². The van der Waals surface area contributed by atoms with E-state index in [1.54, 1.807) is 22.0 Å². The van der Waals surface area contributed by atoms with Gasteiger partial charge in [-0.15, -0.1) is 6.58 Å². The number of allylic oxidation sites excluding steroid dienone is 5. The molecule has 0 spiro atoms. The van der Waals surface area contributed by atoms with Crippen LogP contribution in [0.1, 0.15) is 70.3 Å². The number of fused-ring (bicyclic) bond motifs is 2. The fourth-order valence-electron chi connectivity index (χ4n) is 4.76. The molecular formula is C36H50N4O3. The molecule has 2 aliphatic heterocycles. The second-order valence-electron chi connectivity index (χ2n) is 10.9. The molecule has 2 N–H and O–H groups in total. The molecule has 4 rings (SSSR count). The highest BCUT2D eigenvalue weighted by molar-refractivity contribution is 5.96. The van der Waals surface area contributed by atoms with E-state index in [1.165, 1.54) is 12.0 Å². The normalized spacial score (nSPS) is 17.5. The molecule has 3 aliphatic rings. The van der Waals surface area contributed by atoms with E-state index in [2.05, 4.69) is 45.2 Å². The van der Waals surface area contributed by atoms with Crippen LogP contribution in [0.25, 0.3) is 0 Å². The Bertz CT molecular complexity index is 1280. The number of rotatable bonds is 8. The molecule has 2 bridgehead atoms. The minimum absolute atomic E-state index is 0.00615. The number of hydrogen-bond acceptors (Lipinski definition) is 4. The van der Waals surface area contributed by atoms with Crippen LogP contribution in [0.3, 0.4) is 0 Å². The Morgan fingerprint density at radius 2 is 1.72 bits per heavy atom. The van der Waals surface area contributed by atoms with E-state index in [1.807, 2.05) is 62.4 Å². The summed E-state index contributed by atoms with van der Waals surface area (Å²) in [6.45, 7) is 19.5. The lowest BCUT2D eigenvalue weighted by Crippen LogP contribution is -2.44.